The first-order chi connectivity index (χ1) is 9.18. The lowest BCUT2D eigenvalue weighted by molar-refractivity contribution is 0.0697. The summed E-state index contributed by atoms with van der Waals surface area (Å²) in [5, 5.41) is 21.8. The normalized spacial score (nSPS) is 11.8. The van der Waals surface area contributed by atoms with Crippen molar-refractivity contribution in [1.82, 2.24) is 4.98 Å². The van der Waals surface area contributed by atoms with Crippen LogP contribution in [0.4, 0.5) is 5.82 Å². The molecule has 1 heterocycles. The van der Waals surface area contributed by atoms with Crippen molar-refractivity contribution in [2.75, 3.05) is 11.9 Å². The second-order valence-electron chi connectivity index (χ2n) is 4.01. The molecule has 0 aliphatic heterocycles. The van der Waals surface area contributed by atoms with E-state index >= 15 is 0 Å². The molecule has 0 saturated heterocycles. The van der Waals surface area contributed by atoms with Crippen LogP contribution in [0.5, 0.6) is 0 Å². The Bertz CT molecular complexity index is 558. The smallest absolute Gasteiger partial charge is 0.339 e. The van der Waals surface area contributed by atoms with E-state index in [1.54, 1.807) is 6.07 Å². The Kier molecular flexibility index (Phi) is 4.10. The van der Waals surface area contributed by atoms with Crippen molar-refractivity contribution >= 4 is 11.8 Å². The lowest BCUT2D eigenvalue weighted by Crippen LogP contribution is -2.15. The number of carbonyl (C=O) groups is 1. The van der Waals surface area contributed by atoms with Crippen molar-refractivity contribution in [1.29, 1.82) is 0 Å². The fourth-order valence-corrected chi connectivity index (χ4v) is 1.71. The molecule has 0 fully saturated rings. The number of nitrogens with one attached hydrogen (secondary N) is 1. The van der Waals surface area contributed by atoms with E-state index in [4.69, 9.17) is 5.11 Å². The van der Waals surface area contributed by atoms with Crippen LogP contribution in [0, 0.1) is 0 Å². The van der Waals surface area contributed by atoms with Crippen LogP contribution in [-0.2, 0) is 0 Å². The van der Waals surface area contributed by atoms with Gasteiger partial charge in [-0.1, -0.05) is 30.3 Å². The van der Waals surface area contributed by atoms with Crippen LogP contribution in [0.2, 0.25) is 0 Å². The summed E-state index contributed by atoms with van der Waals surface area (Å²) < 4.78 is 0. The molecule has 0 aliphatic carbocycles. The lowest BCUT2D eigenvalue weighted by Gasteiger charge is -2.13. The number of pyridine rings is 1. The van der Waals surface area contributed by atoms with Gasteiger partial charge in [-0.15, -0.1) is 0 Å². The highest BCUT2D eigenvalue weighted by molar-refractivity contribution is 5.92. The van der Waals surface area contributed by atoms with E-state index in [0.717, 1.165) is 5.56 Å². The summed E-state index contributed by atoms with van der Waals surface area (Å²) in [7, 11) is 0. The molecule has 1 atom stereocenters. The minimum absolute atomic E-state index is 0.0859. The van der Waals surface area contributed by atoms with Gasteiger partial charge in [-0.25, -0.2) is 9.78 Å². The van der Waals surface area contributed by atoms with Crippen molar-refractivity contribution in [3.05, 3.63) is 59.8 Å². The zero-order valence-electron chi connectivity index (χ0n) is 10.2. The number of anilines is 1. The molecule has 1 aromatic carbocycles. The molecule has 0 radical (unpaired) electrons. The van der Waals surface area contributed by atoms with Gasteiger partial charge in [0.05, 0.1) is 6.10 Å². The molecule has 5 nitrogen and oxygen atoms in total. The van der Waals surface area contributed by atoms with Crippen LogP contribution in [0.3, 0.4) is 0 Å². The van der Waals surface area contributed by atoms with E-state index < -0.39 is 12.1 Å². The minimum atomic E-state index is -1.05. The van der Waals surface area contributed by atoms with Crippen LogP contribution in [-0.4, -0.2) is 27.7 Å². The van der Waals surface area contributed by atoms with Crippen molar-refractivity contribution in [3.8, 4) is 0 Å². The Morgan fingerprint density at radius 3 is 2.63 bits per heavy atom. The third-order valence-electron chi connectivity index (χ3n) is 2.69. The number of hydrogen-bond acceptors (Lipinski definition) is 4. The summed E-state index contributed by atoms with van der Waals surface area (Å²) in [6.45, 7) is 0.196. The van der Waals surface area contributed by atoms with Gasteiger partial charge < -0.3 is 15.5 Å². The van der Waals surface area contributed by atoms with E-state index in [-0.39, 0.29) is 17.9 Å². The van der Waals surface area contributed by atoms with Crippen LogP contribution >= 0.6 is 0 Å². The first kappa shape index (κ1) is 13.0. The summed E-state index contributed by atoms with van der Waals surface area (Å²) in [5.74, 6) is -0.796. The molecule has 2 aromatic rings. The van der Waals surface area contributed by atoms with Crippen molar-refractivity contribution in [3.63, 3.8) is 0 Å². The van der Waals surface area contributed by atoms with Gasteiger partial charge in [0.2, 0.25) is 0 Å². The van der Waals surface area contributed by atoms with E-state index in [1.807, 2.05) is 30.3 Å². The maximum absolute atomic E-state index is 11.0. The minimum Gasteiger partial charge on any atom is -0.478 e. The lowest BCUT2D eigenvalue weighted by atomic mass is 10.1. The maximum atomic E-state index is 11.0. The van der Waals surface area contributed by atoms with Crippen molar-refractivity contribution in [2.24, 2.45) is 0 Å². The Morgan fingerprint density at radius 1 is 1.21 bits per heavy atom. The Balaban J connectivity index is 2.05. The molecule has 98 valence electrons. The number of rotatable bonds is 5. The third-order valence-corrected chi connectivity index (χ3v) is 2.69. The molecule has 3 N–H and O–H groups in total. The third kappa shape index (κ3) is 3.29. The van der Waals surface area contributed by atoms with Gasteiger partial charge in [-0.2, -0.15) is 0 Å². The van der Waals surface area contributed by atoms with E-state index in [0.29, 0.717) is 0 Å². The number of carboxylic acids is 1. The largest absolute Gasteiger partial charge is 0.478 e. The highest BCUT2D eigenvalue weighted by Gasteiger charge is 2.12. The quantitative estimate of drug-likeness (QED) is 0.763. The van der Waals surface area contributed by atoms with E-state index in [1.165, 1.54) is 12.3 Å². The molecular formula is C14H14N2O3. The number of benzene rings is 1. The van der Waals surface area contributed by atoms with Gasteiger partial charge in [-0.3, -0.25) is 0 Å². The molecule has 0 aliphatic rings. The number of nitrogens with zero attached hydrogens (tertiary/aromatic N) is 1. The summed E-state index contributed by atoms with van der Waals surface area (Å²) in [6, 6.07) is 12.2. The Hall–Kier alpha value is -2.40. The predicted molar refractivity (Wildman–Crippen MR) is 71.1 cm³/mol. The zero-order chi connectivity index (χ0) is 13.7. The zero-order valence-corrected chi connectivity index (χ0v) is 10.2. The van der Waals surface area contributed by atoms with E-state index in [9.17, 15) is 9.90 Å². The second kappa shape index (κ2) is 5.97. The topological polar surface area (TPSA) is 82.5 Å². The Morgan fingerprint density at radius 2 is 1.95 bits per heavy atom. The van der Waals surface area contributed by atoms with Gasteiger partial charge in [0, 0.05) is 12.7 Å². The van der Waals surface area contributed by atoms with Crippen LogP contribution in [0.25, 0.3) is 0 Å². The SMILES string of the molecule is O=C(O)c1cccnc1NCC(O)c1ccccc1. The molecule has 19 heavy (non-hydrogen) atoms. The predicted octanol–water partition coefficient (Wildman–Crippen LogP) is 1.93. The van der Waals surface area contributed by atoms with Gasteiger partial charge in [0.25, 0.3) is 0 Å². The fraction of sp³-hybridized carbons (Fsp3) is 0.143. The summed E-state index contributed by atoms with van der Waals surface area (Å²) in [4.78, 5) is 15.0. The van der Waals surface area contributed by atoms with Crippen molar-refractivity contribution < 1.29 is 15.0 Å². The first-order valence-electron chi connectivity index (χ1n) is 5.83. The molecule has 1 aromatic heterocycles. The number of aromatic nitrogens is 1. The van der Waals surface area contributed by atoms with Crippen molar-refractivity contribution in [2.45, 2.75) is 6.10 Å². The number of carboxylic acid groups (broad SMARTS) is 1. The highest BCUT2D eigenvalue weighted by Crippen LogP contribution is 2.15. The number of aromatic carboxylic acids is 1. The highest BCUT2D eigenvalue weighted by atomic mass is 16.4. The standard InChI is InChI=1S/C14H14N2O3/c17-12(10-5-2-1-3-6-10)9-16-13-11(14(18)19)7-4-8-15-13/h1-8,12,17H,9H2,(H,15,16)(H,18,19). The van der Waals surface area contributed by atoms with Gasteiger partial charge >= 0.3 is 5.97 Å². The second-order valence-corrected chi connectivity index (χ2v) is 4.01. The summed E-state index contributed by atoms with van der Waals surface area (Å²) in [6.07, 6.45) is 0.786. The van der Waals surface area contributed by atoms with Crippen LogP contribution in [0.1, 0.15) is 22.0 Å². The molecule has 1 unspecified atom stereocenters. The van der Waals surface area contributed by atoms with Gasteiger partial charge in [0.15, 0.2) is 0 Å². The number of aliphatic hydroxyl groups is 1. The molecule has 0 amide bonds. The maximum Gasteiger partial charge on any atom is 0.339 e. The van der Waals surface area contributed by atoms with Gasteiger partial charge in [-0.05, 0) is 17.7 Å². The molecule has 0 bridgehead atoms. The van der Waals surface area contributed by atoms with Crippen LogP contribution < -0.4 is 5.32 Å². The van der Waals surface area contributed by atoms with Gasteiger partial charge in [0.1, 0.15) is 11.4 Å². The molecule has 2 rings (SSSR count). The average molecular weight is 258 g/mol. The molecule has 0 spiro atoms. The molecule has 0 saturated carbocycles. The number of aliphatic hydroxyl groups excluding tert-OH is 1. The number of hydrogen-bond donors (Lipinski definition) is 3. The Labute approximate surface area is 110 Å². The molecule has 5 heteroatoms. The van der Waals surface area contributed by atoms with Crippen LogP contribution in [0.15, 0.2) is 48.7 Å². The summed E-state index contributed by atoms with van der Waals surface area (Å²) >= 11 is 0. The first-order valence-corrected chi connectivity index (χ1v) is 5.83. The average Bonchev–Trinajstić information content (AvgIpc) is 2.46. The monoisotopic (exact) mass is 258 g/mol. The summed E-state index contributed by atoms with van der Waals surface area (Å²) in [5.41, 5.74) is 0.852. The fourth-order valence-electron chi connectivity index (χ4n) is 1.71. The van der Waals surface area contributed by atoms with E-state index in [2.05, 4.69) is 10.3 Å². The molecular weight excluding hydrogens is 244 g/mol.